The summed E-state index contributed by atoms with van der Waals surface area (Å²) in [6, 6.07) is 13.0. The fourth-order valence-corrected chi connectivity index (χ4v) is 4.24. The van der Waals surface area contributed by atoms with E-state index in [0.29, 0.717) is 11.3 Å². The summed E-state index contributed by atoms with van der Waals surface area (Å²) in [4.78, 5) is 29.3. The molecule has 0 aliphatic rings. The number of rotatable bonds is 5. The van der Waals surface area contributed by atoms with Crippen LogP contribution in [0.1, 0.15) is 25.7 Å². The van der Waals surface area contributed by atoms with Gasteiger partial charge in [-0.05, 0) is 45.6 Å². The van der Waals surface area contributed by atoms with Crippen LogP contribution < -0.4 is 10.9 Å². The number of thiophene rings is 1. The smallest absolute Gasteiger partial charge is 0.286 e. The van der Waals surface area contributed by atoms with Gasteiger partial charge in [0.25, 0.3) is 11.8 Å². The first-order valence-electron chi connectivity index (χ1n) is 7.32. The van der Waals surface area contributed by atoms with Crippen molar-refractivity contribution in [3.63, 3.8) is 0 Å². The Bertz CT molecular complexity index is 878. The number of H-pyrrole nitrogens is 1. The number of carbonyl (C=O) groups excluding carboxylic acids is 2. The highest BCUT2D eigenvalue weighted by Gasteiger charge is 2.14. The molecule has 0 saturated heterocycles. The van der Waals surface area contributed by atoms with Gasteiger partial charge >= 0.3 is 0 Å². The lowest BCUT2D eigenvalue weighted by Crippen LogP contribution is -2.41. The average molecular weight is 436 g/mol. The third-order valence-electron chi connectivity index (χ3n) is 3.26. The summed E-state index contributed by atoms with van der Waals surface area (Å²) in [5.74, 6) is 0.0289. The molecule has 0 bridgehead atoms. The third kappa shape index (κ3) is 4.75. The van der Waals surface area contributed by atoms with Crippen LogP contribution in [0.15, 0.2) is 63.4 Å². The summed E-state index contributed by atoms with van der Waals surface area (Å²) in [6.07, 6.45) is 1.65. The number of hydrazine groups is 1. The van der Waals surface area contributed by atoms with E-state index in [1.807, 2.05) is 23.6 Å². The normalized spacial score (nSPS) is 10.4. The number of hydrogen-bond acceptors (Lipinski definition) is 4. The molecule has 128 valence electrons. The zero-order valence-corrected chi connectivity index (χ0v) is 16.1. The number of benzene rings is 1. The largest absolute Gasteiger partial charge is 0.356 e. The SMILES string of the molecule is O=C(NNC(=O)c1ccccc1SCc1cccs1)c1cc(Br)c[nH]1. The van der Waals surface area contributed by atoms with E-state index in [0.717, 1.165) is 15.1 Å². The minimum atomic E-state index is -0.414. The van der Waals surface area contributed by atoms with E-state index in [2.05, 4.69) is 37.8 Å². The van der Waals surface area contributed by atoms with Crippen molar-refractivity contribution in [2.24, 2.45) is 0 Å². The van der Waals surface area contributed by atoms with Crippen molar-refractivity contribution in [1.29, 1.82) is 0 Å². The maximum absolute atomic E-state index is 12.4. The molecule has 2 aromatic heterocycles. The lowest BCUT2D eigenvalue weighted by atomic mass is 10.2. The van der Waals surface area contributed by atoms with Crippen LogP contribution in [0.4, 0.5) is 0 Å². The fourth-order valence-electron chi connectivity index (χ4n) is 2.07. The maximum atomic E-state index is 12.4. The second-order valence-corrected chi connectivity index (χ2v) is 7.97. The monoisotopic (exact) mass is 435 g/mol. The van der Waals surface area contributed by atoms with Gasteiger partial charge in [-0.3, -0.25) is 20.4 Å². The van der Waals surface area contributed by atoms with Crippen molar-refractivity contribution in [1.82, 2.24) is 15.8 Å². The van der Waals surface area contributed by atoms with Crippen molar-refractivity contribution in [3.8, 4) is 0 Å². The number of nitrogens with one attached hydrogen (secondary N) is 3. The molecule has 0 fully saturated rings. The Morgan fingerprint density at radius 2 is 1.92 bits per heavy atom. The highest BCUT2D eigenvalue weighted by molar-refractivity contribution is 9.10. The van der Waals surface area contributed by atoms with E-state index in [1.54, 1.807) is 47.5 Å². The maximum Gasteiger partial charge on any atom is 0.286 e. The molecule has 3 N–H and O–H groups in total. The van der Waals surface area contributed by atoms with Crippen molar-refractivity contribution < 1.29 is 9.59 Å². The molecule has 0 atom stereocenters. The zero-order chi connectivity index (χ0) is 17.6. The zero-order valence-electron chi connectivity index (χ0n) is 12.9. The van der Waals surface area contributed by atoms with E-state index in [4.69, 9.17) is 0 Å². The summed E-state index contributed by atoms with van der Waals surface area (Å²) in [5.41, 5.74) is 5.74. The van der Waals surface area contributed by atoms with E-state index in [-0.39, 0.29) is 5.91 Å². The molecular formula is C17H14BrN3O2S2. The summed E-state index contributed by atoms with van der Waals surface area (Å²) in [6.45, 7) is 0. The number of aromatic nitrogens is 1. The average Bonchev–Trinajstić information content (AvgIpc) is 3.29. The molecule has 5 nitrogen and oxygen atoms in total. The first-order chi connectivity index (χ1) is 12.1. The molecule has 2 heterocycles. The van der Waals surface area contributed by atoms with Gasteiger partial charge in [0.05, 0.1) is 5.56 Å². The predicted octanol–water partition coefficient (Wildman–Crippen LogP) is 4.21. The third-order valence-corrected chi connectivity index (χ3v) is 5.90. The summed E-state index contributed by atoms with van der Waals surface area (Å²) in [5, 5.41) is 2.03. The second-order valence-electron chi connectivity index (χ2n) is 5.00. The van der Waals surface area contributed by atoms with E-state index >= 15 is 0 Å². The lowest BCUT2D eigenvalue weighted by Gasteiger charge is -2.10. The Hall–Kier alpha value is -2.03. The number of carbonyl (C=O) groups is 2. The van der Waals surface area contributed by atoms with E-state index in [1.165, 1.54) is 4.88 Å². The van der Waals surface area contributed by atoms with Gasteiger partial charge in [0.2, 0.25) is 0 Å². The highest BCUT2D eigenvalue weighted by atomic mass is 79.9. The summed E-state index contributed by atoms with van der Waals surface area (Å²) >= 11 is 6.54. The number of halogens is 1. The van der Waals surface area contributed by atoms with Gasteiger partial charge in [-0.2, -0.15) is 0 Å². The van der Waals surface area contributed by atoms with Gasteiger partial charge in [0.15, 0.2) is 0 Å². The van der Waals surface area contributed by atoms with Crippen LogP contribution in [0, 0.1) is 0 Å². The Kier molecular flexibility index (Phi) is 5.95. The van der Waals surface area contributed by atoms with Gasteiger partial charge in [0.1, 0.15) is 5.69 Å². The van der Waals surface area contributed by atoms with Crippen LogP contribution in [0.25, 0.3) is 0 Å². The summed E-state index contributed by atoms with van der Waals surface area (Å²) in [7, 11) is 0. The quantitative estimate of drug-likeness (QED) is 0.415. The predicted molar refractivity (Wildman–Crippen MR) is 104 cm³/mol. The Balaban J connectivity index is 1.62. The van der Waals surface area contributed by atoms with Crippen molar-refractivity contribution in [2.75, 3.05) is 0 Å². The van der Waals surface area contributed by atoms with Gasteiger partial charge in [-0.15, -0.1) is 23.1 Å². The van der Waals surface area contributed by atoms with E-state index in [9.17, 15) is 9.59 Å². The molecule has 0 saturated carbocycles. The van der Waals surface area contributed by atoms with Gasteiger partial charge in [0, 0.05) is 26.2 Å². The van der Waals surface area contributed by atoms with Crippen LogP contribution in [0.2, 0.25) is 0 Å². The van der Waals surface area contributed by atoms with Crippen LogP contribution in [0.3, 0.4) is 0 Å². The molecule has 3 rings (SSSR count). The van der Waals surface area contributed by atoms with Crippen molar-refractivity contribution in [2.45, 2.75) is 10.6 Å². The van der Waals surface area contributed by atoms with E-state index < -0.39 is 5.91 Å². The lowest BCUT2D eigenvalue weighted by molar-refractivity contribution is 0.0842. The molecule has 0 aliphatic heterocycles. The van der Waals surface area contributed by atoms with Crippen molar-refractivity contribution in [3.05, 3.63) is 74.6 Å². The molecule has 0 unspecified atom stereocenters. The Morgan fingerprint density at radius 3 is 2.64 bits per heavy atom. The van der Waals surface area contributed by atoms with Crippen LogP contribution in [-0.2, 0) is 5.75 Å². The molecular weight excluding hydrogens is 422 g/mol. The van der Waals surface area contributed by atoms with Gasteiger partial charge in [-0.25, -0.2) is 0 Å². The molecule has 3 aromatic rings. The second kappa shape index (κ2) is 8.37. The van der Waals surface area contributed by atoms with Crippen LogP contribution >= 0.6 is 39.0 Å². The van der Waals surface area contributed by atoms with Crippen LogP contribution in [-0.4, -0.2) is 16.8 Å². The molecule has 25 heavy (non-hydrogen) atoms. The fraction of sp³-hybridized carbons (Fsp3) is 0.0588. The molecule has 0 aliphatic carbocycles. The van der Waals surface area contributed by atoms with Crippen LogP contribution in [0.5, 0.6) is 0 Å². The number of amides is 2. The van der Waals surface area contributed by atoms with Crippen molar-refractivity contribution >= 4 is 50.8 Å². The first-order valence-corrected chi connectivity index (χ1v) is 9.98. The molecule has 8 heteroatoms. The minimum Gasteiger partial charge on any atom is -0.356 e. The Labute approximate surface area is 161 Å². The molecule has 0 radical (unpaired) electrons. The molecule has 0 spiro atoms. The standard InChI is InChI=1S/C17H14BrN3O2S2/c18-11-8-14(19-9-11)17(23)21-20-16(22)13-5-1-2-6-15(13)25-10-12-4-3-7-24-12/h1-9,19H,10H2,(H,20,22)(H,21,23). The van der Waals surface area contributed by atoms with Gasteiger partial charge in [-0.1, -0.05) is 18.2 Å². The number of hydrogen-bond donors (Lipinski definition) is 3. The molecule has 2 amide bonds. The molecule has 1 aromatic carbocycles. The minimum absolute atomic E-state index is 0.353. The topological polar surface area (TPSA) is 74.0 Å². The number of thioether (sulfide) groups is 1. The van der Waals surface area contributed by atoms with Gasteiger partial charge < -0.3 is 4.98 Å². The first kappa shape index (κ1) is 17.8. The summed E-state index contributed by atoms with van der Waals surface area (Å²) < 4.78 is 0.763. The highest BCUT2D eigenvalue weighted by Crippen LogP contribution is 2.27. The number of aromatic amines is 1. The Morgan fingerprint density at radius 1 is 1.12 bits per heavy atom.